The Hall–Kier alpha value is -2.05. The van der Waals surface area contributed by atoms with Gasteiger partial charge in [-0.15, -0.1) is 0 Å². The molecular weight excluding hydrogens is 598 g/mol. The van der Waals surface area contributed by atoms with Gasteiger partial charge in [-0.3, -0.25) is 9.59 Å². The Morgan fingerprint density at radius 1 is 0.854 bits per heavy atom. The normalized spacial score (nSPS) is 32.3. The van der Waals surface area contributed by atoms with Crippen LogP contribution in [-0.2, 0) is 14.3 Å². The fourth-order valence-electron chi connectivity index (χ4n) is 10.8. The second-order valence-electron chi connectivity index (χ2n) is 17.4. The summed E-state index contributed by atoms with van der Waals surface area (Å²) < 4.78 is 5.95. The lowest BCUT2D eigenvalue weighted by atomic mass is 9.47. The summed E-state index contributed by atoms with van der Waals surface area (Å²) in [6.45, 7) is 15.5. The first-order chi connectivity index (χ1) is 22.8. The van der Waals surface area contributed by atoms with Crippen LogP contribution in [0.15, 0.2) is 11.6 Å². The van der Waals surface area contributed by atoms with E-state index in [1.54, 1.807) is 5.57 Å². The van der Waals surface area contributed by atoms with Crippen molar-refractivity contribution >= 4 is 17.9 Å². The molecule has 4 rings (SSSR count). The highest BCUT2D eigenvalue weighted by molar-refractivity contribution is 5.76. The first-order valence-electron chi connectivity index (χ1n) is 20.0. The zero-order chi connectivity index (χ0) is 34.9. The summed E-state index contributed by atoms with van der Waals surface area (Å²) in [6, 6.07) is 0. The van der Waals surface area contributed by atoms with Gasteiger partial charge in [-0.25, -0.2) is 4.79 Å². The maximum absolute atomic E-state index is 12.7. The van der Waals surface area contributed by atoms with E-state index in [2.05, 4.69) is 51.3 Å². The van der Waals surface area contributed by atoms with Crippen molar-refractivity contribution in [3.05, 3.63) is 11.6 Å². The molecule has 3 unspecified atom stereocenters. The van der Waals surface area contributed by atoms with Crippen LogP contribution in [-0.4, -0.2) is 37.1 Å². The molecule has 0 aromatic heterocycles. The molecule has 0 aromatic rings. The lowest BCUT2D eigenvalue weighted by Crippen LogP contribution is -2.51. The Balaban J connectivity index is 1.13. The van der Waals surface area contributed by atoms with E-state index in [0.717, 1.165) is 93.3 Å². The van der Waals surface area contributed by atoms with Crippen molar-refractivity contribution in [2.24, 2.45) is 58.0 Å². The van der Waals surface area contributed by atoms with E-state index in [4.69, 9.17) is 10.5 Å². The van der Waals surface area contributed by atoms with Gasteiger partial charge in [-0.2, -0.15) is 0 Å². The number of hydrogen-bond acceptors (Lipinski definition) is 4. The number of alkyl carbamates (subject to hydrolysis) is 1. The smallest absolute Gasteiger partial charge is 0.407 e. The summed E-state index contributed by atoms with van der Waals surface area (Å²) >= 11 is 0. The Bertz CT molecular complexity index is 1110. The maximum Gasteiger partial charge on any atom is 0.407 e. The minimum absolute atomic E-state index is 0.0278. The molecule has 0 aromatic carbocycles. The summed E-state index contributed by atoms with van der Waals surface area (Å²) in [7, 11) is 0. The van der Waals surface area contributed by atoms with Crippen molar-refractivity contribution in [3.63, 3.8) is 0 Å². The van der Waals surface area contributed by atoms with E-state index in [-0.39, 0.29) is 35.3 Å². The number of nitrogens with two attached hydrogens (primary N) is 1. The van der Waals surface area contributed by atoms with E-state index in [1.165, 1.54) is 51.4 Å². The third-order valence-corrected chi connectivity index (χ3v) is 13.8. The highest BCUT2D eigenvalue weighted by Gasteiger charge is 2.59. The van der Waals surface area contributed by atoms with Crippen molar-refractivity contribution in [2.45, 2.75) is 163 Å². The van der Waals surface area contributed by atoms with E-state index < -0.39 is 0 Å². The predicted molar refractivity (Wildman–Crippen MR) is 195 cm³/mol. The topological polar surface area (TPSA) is 111 Å². The third-order valence-electron chi connectivity index (χ3n) is 13.8. The van der Waals surface area contributed by atoms with Crippen molar-refractivity contribution < 1.29 is 19.1 Å². The molecule has 7 nitrogen and oxygen atoms in total. The molecule has 0 spiro atoms. The number of rotatable bonds is 18. The van der Waals surface area contributed by atoms with Gasteiger partial charge in [-0.05, 0) is 117 Å². The minimum atomic E-state index is -0.297. The summed E-state index contributed by atoms with van der Waals surface area (Å²) in [6.07, 6.45) is 21.8. The molecular formula is C41H71N3O4. The number of carbonyl (C=O) groups excluding carboxylic acids is 3. The number of allylic oxidation sites excluding steroid dienone is 1. The van der Waals surface area contributed by atoms with Crippen LogP contribution < -0.4 is 16.4 Å². The molecule has 9 atom stereocenters. The second kappa shape index (κ2) is 17.7. The van der Waals surface area contributed by atoms with Crippen LogP contribution in [0.4, 0.5) is 4.79 Å². The Kier molecular flexibility index (Phi) is 14.3. The molecule has 0 saturated heterocycles. The molecule has 4 aliphatic carbocycles. The maximum atomic E-state index is 12.7. The van der Waals surface area contributed by atoms with Gasteiger partial charge >= 0.3 is 6.09 Å². The van der Waals surface area contributed by atoms with Gasteiger partial charge in [0.25, 0.3) is 0 Å². The predicted octanol–water partition coefficient (Wildman–Crippen LogP) is 9.09. The van der Waals surface area contributed by atoms with Gasteiger partial charge in [0.15, 0.2) is 0 Å². The molecule has 3 amide bonds. The third kappa shape index (κ3) is 9.80. The van der Waals surface area contributed by atoms with E-state index in [1.807, 2.05) is 6.92 Å². The number of fused-ring (bicyclic) bond motifs is 5. The van der Waals surface area contributed by atoms with Gasteiger partial charge in [0.05, 0.1) is 0 Å². The zero-order valence-corrected chi connectivity index (χ0v) is 31.5. The van der Waals surface area contributed by atoms with E-state index in [0.29, 0.717) is 24.9 Å². The SMILES string of the molecule is CC(C)CCC[C@@H](C)[C@H]1CCC2C3CC=C4C[C@@H](OC(=O)NCCCCCC(=O)NCCCC[C@H](C)C(N)=O)CC[C@]4(C)C3CC[C@@]21C. The van der Waals surface area contributed by atoms with Crippen LogP contribution in [0.5, 0.6) is 0 Å². The van der Waals surface area contributed by atoms with Crippen molar-refractivity contribution in [1.82, 2.24) is 10.6 Å². The van der Waals surface area contributed by atoms with Gasteiger partial charge in [0, 0.05) is 31.8 Å². The van der Waals surface area contributed by atoms with Crippen LogP contribution in [0.25, 0.3) is 0 Å². The van der Waals surface area contributed by atoms with Crippen LogP contribution in [0, 0.1) is 52.3 Å². The first kappa shape index (κ1) is 38.7. The van der Waals surface area contributed by atoms with Gasteiger partial charge in [-0.1, -0.05) is 85.3 Å². The Morgan fingerprint density at radius 3 is 2.35 bits per heavy atom. The fraction of sp³-hybridized carbons (Fsp3) is 0.878. The summed E-state index contributed by atoms with van der Waals surface area (Å²) in [4.78, 5) is 35.8. The fourth-order valence-corrected chi connectivity index (χ4v) is 10.8. The summed E-state index contributed by atoms with van der Waals surface area (Å²) in [5, 5.41) is 5.91. The van der Waals surface area contributed by atoms with Crippen LogP contribution in [0.2, 0.25) is 0 Å². The average Bonchev–Trinajstić information content (AvgIpc) is 3.39. The minimum Gasteiger partial charge on any atom is -0.446 e. The number of primary amides is 1. The molecule has 4 N–H and O–H groups in total. The van der Waals surface area contributed by atoms with E-state index in [9.17, 15) is 14.4 Å². The molecule has 274 valence electrons. The first-order valence-corrected chi connectivity index (χ1v) is 20.0. The molecule has 4 aliphatic rings. The number of nitrogens with one attached hydrogen (secondary N) is 2. The summed E-state index contributed by atoms with van der Waals surface area (Å²) in [5.74, 6) is 4.71. The van der Waals surface area contributed by atoms with Gasteiger partial charge in [0.2, 0.25) is 11.8 Å². The van der Waals surface area contributed by atoms with Crippen LogP contribution in [0.3, 0.4) is 0 Å². The van der Waals surface area contributed by atoms with Crippen LogP contribution in [0.1, 0.15) is 157 Å². The van der Waals surface area contributed by atoms with Crippen molar-refractivity contribution in [3.8, 4) is 0 Å². The number of ether oxygens (including phenoxy) is 1. The lowest BCUT2D eigenvalue weighted by Gasteiger charge is -2.58. The van der Waals surface area contributed by atoms with Gasteiger partial charge < -0.3 is 21.1 Å². The summed E-state index contributed by atoms with van der Waals surface area (Å²) in [5.41, 5.74) is 7.62. The molecule has 0 heterocycles. The van der Waals surface area contributed by atoms with Crippen molar-refractivity contribution in [2.75, 3.05) is 13.1 Å². The lowest BCUT2D eigenvalue weighted by molar-refractivity contribution is -0.122. The monoisotopic (exact) mass is 670 g/mol. The number of amides is 3. The van der Waals surface area contributed by atoms with Gasteiger partial charge in [0.1, 0.15) is 6.10 Å². The highest BCUT2D eigenvalue weighted by atomic mass is 16.6. The second-order valence-corrected chi connectivity index (χ2v) is 17.4. The molecule has 48 heavy (non-hydrogen) atoms. The molecule has 0 bridgehead atoms. The Morgan fingerprint density at radius 2 is 1.60 bits per heavy atom. The standard InChI is InChI=1S/C41H71N3O4/c1-28(2)13-12-15-29(3)34-19-20-35-33-18-17-31-27-32(21-23-40(31,5)36(33)22-24-41(34,35)6)48-39(47)44-26-10-7-8-16-37(45)43-25-11-9-14-30(4)38(42)46/h17,28-30,32-36H,7-16,18-27H2,1-6H3,(H2,42,46)(H,43,45)(H,44,47)/t29-,30+,32+,33?,34-,35?,36?,40+,41-/m1/s1. The molecule has 0 radical (unpaired) electrons. The van der Waals surface area contributed by atoms with Crippen LogP contribution >= 0.6 is 0 Å². The van der Waals surface area contributed by atoms with E-state index >= 15 is 0 Å². The zero-order valence-electron chi connectivity index (χ0n) is 31.5. The molecule has 0 aliphatic heterocycles. The number of hydrogen-bond donors (Lipinski definition) is 3. The molecule has 7 heteroatoms. The highest BCUT2D eigenvalue weighted by Crippen LogP contribution is 2.67. The molecule has 3 fully saturated rings. The largest absolute Gasteiger partial charge is 0.446 e. The quantitative estimate of drug-likeness (QED) is 0.0999. The molecule has 3 saturated carbocycles. The van der Waals surface area contributed by atoms with Crippen molar-refractivity contribution in [1.29, 1.82) is 0 Å². The number of carbonyl (C=O) groups is 3. The number of unbranched alkanes of at least 4 members (excludes halogenated alkanes) is 3. The Labute approximate surface area is 293 Å². The average molecular weight is 670 g/mol.